The molecule has 2 atom stereocenters. The van der Waals surface area contributed by atoms with Crippen molar-refractivity contribution in [1.82, 2.24) is 0 Å². The van der Waals surface area contributed by atoms with Crippen LogP contribution in [0.15, 0.2) is 109 Å². The molecule has 0 saturated carbocycles. The number of hydrogen-bond donors (Lipinski definition) is 0. The average molecular weight is 529 g/mol. The fourth-order valence-electron chi connectivity index (χ4n) is 3.77. The first kappa shape index (κ1) is 28.2. The van der Waals surface area contributed by atoms with E-state index in [9.17, 15) is 14.3 Å². The third-order valence-electron chi connectivity index (χ3n) is 5.38. The molecule has 8 heteroatoms. The van der Waals surface area contributed by atoms with E-state index in [2.05, 4.69) is 0 Å². The van der Waals surface area contributed by atoms with Gasteiger partial charge < -0.3 is 13.9 Å². The Hall–Kier alpha value is -2.37. The molecule has 0 aliphatic rings. The van der Waals surface area contributed by atoms with Gasteiger partial charge in [0.2, 0.25) is 0 Å². The Balaban J connectivity index is 0.00000361. The van der Waals surface area contributed by atoms with Crippen molar-refractivity contribution in [2.75, 3.05) is 0 Å². The van der Waals surface area contributed by atoms with Crippen LogP contribution in [0, 0.1) is 5.92 Å². The molecule has 0 bridgehead atoms. The second-order valence-electron chi connectivity index (χ2n) is 8.05. The molecular weight excluding hydrogens is 506 g/mol. The zero-order valence-corrected chi connectivity index (χ0v) is 23.4. The van der Waals surface area contributed by atoms with Crippen LogP contribution in [-0.4, -0.2) is 5.78 Å². The van der Waals surface area contributed by atoms with E-state index in [1.54, 1.807) is 54.6 Å². The van der Waals surface area contributed by atoms with Crippen LogP contribution < -0.4 is 43.5 Å². The zero-order chi connectivity index (χ0) is 24.7. The molecule has 0 N–H and O–H groups in total. The monoisotopic (exact) mass is 528 g/mol. The number of hydrogen-bond acceptors (Lipinski definition) is 5. The molecule has 0 aromatic heterocycles. The third kappa shape index (κ3) is 8.35. The molecule has 0 saturated heterocycles. The van der Waals surface area contributed by atoms with Gasteiger partial charge in [-0.1, -0.05) is 84.4 Å². The van der Waals surface area contributed by atoms with Crippen molar-refractivity contribution in [2.45, 2.75) is 12.8 Å². The van der Waals surface area contributed by atoms with Crippen LogP contribution in [0.3, 0.4) is 0 Å². The SMILES string of the molecule is O=C(c1ccccc1)C(Cc1ccc(Cl)cc1)Cc1cccc(OP(=O)([O-])Oc2ccccc2)c1.[Na+]. The van der Waals surface area contributed by atoms with Crippen LogP contribution in [0.1, 0.15) is 21.5 Å². The number of phosphoric acid groups is 1. The van der Waals surface area contributed by atoms with E-state index in [4.69, 9.17) is 20.6 Å². The summed E-state index contributed by atoms with van der Waals surface area (Å²) in [6, 6.07) is 31.4. The standard InChI is InChI=1S/C28H24ClO5P.Na/c29-25-16-14-21(15-17-25)18-24(28(30)23-9-3-1-4-10-23)19-22-8-7-13-27(20-22)34-35(31,32)33-26-11-5-2-6-12-26;/h1-17,20,24H,18-19H2,(H,31,32);/q;+1/p-1. The van der Waals surface area contributed by atoms with Crippen LogP contribution in [0.4, 0.5) is 0 Å². The minimum Gasteiger partial charge on any atom is -0.736 e. The number of halogens is 1. The summed E-state index contributed by atoms with van der Waals surface area (Å²) in [6.45, 7) is 0. The van der Waals surface area contributed by atoms with Crippen LogP contribution >= 0.6 is 19.4 Å². The normalized spacial score (nSPS) is 13.1. The van der Waals surface area contributed by atoms with Gasteiger partial charge in [-0.3, -0.25) is 4.79 Å². The van der Waals surface area contributed by atoms with Gasteiger partial charge in [-0.25, -0.2) is 4.57 Å². The van der Waals surface area contributed by atoms with E-state index in [0.717, 1.165) is 11.1 Å². The molecule has 0 spiro atoms. The van der Waals surface area contributed by atoms with Gasteiger partial charge in [0.15, 0.2) is 5.78 Å². The van der Waals surface area contributed by atoms with Gasteiger partial charge in [0.05, 0.1) is 0 Å². The first-order valence-electron chi connectivity index (χ1n) is 11.1. The van der Waals surface area contributed by atoms with Gasteiger partial charge in [0, 0.05) is 16.5 Å². The van der Waals surface area contributed by atoms with Crippen LogP contribution in [0.25, 0.3) is 0 Å². The van der Waals surface area contributed by atoms with Crippen molar-refractivity contribution in [3.05, 3.63) is 131 Å². The van der Waals surface area contributed by atoms with Crippen LogP contribution in [0.2, 0.25) is 5.02 Å². The summed E-state index contributed by atoms with van der Waals surface area (Å²) in [7, 11) is -4.65. The predicted octanol–water partition coefficient (Wildman–Crippen LogP) is 3.55. The molecule has 0 fully saturated rings. The summed E-state index contributed by atoms with van der Waals surface area (Å²) in [5, 5.41) is 0.629. The third-order valence-corrected chi connectivity index (χ3v) is 6.50. The van der Waals surface area contributed by atoms with E-state index in [1.165, 1.54) is 18.2 Å². The molecule has 178 valence electrons. The maximum Gasteiger partial charge on any atom is 1.00 e. The van der Waals surface area contributed by atoms with Gasteiger partial charge in [-0.05, 0) is 60.4 Å². The summed E-state index contributed by atoms with van der Waals surface area (Å²) in [4.78, 5) is 25.7. The summed E-state index contributed by atoms with van der Waals surface area (Å²) in [5.74, 6) is -0.0742. The van der Waals surface area contributed by atoms with E-state index < -0.39 is 7.82 Å². The molecule has 4 aromatic carbocycles. The maximum absolute atomic E-state index is 13.4. The molecule has 0 amide bonds. The molecule has 0 radical (unpaired) electrons. The Morgan fingerprint density at radius 3 is 1.97 bits per heavy atom. The minimum atomic E-state index is -4.65. The summed E-state index contributed by atoms with van der Waals surface area (Å²) in [5.41, 5.74) is 2.38. The average Bonchev–Trinajstić information content (AvgIpc) is 2.85. The molecule has 2 unspecified atom stereocenters. The van der Waals surface area contributed by atoms with Crippen molar-refractivity contribution in [3.8, 4) is 11.5 Å². The van der Waals surface area contributed by atoms with Crippen molar-refractivity contribution in [3.63, 3.8) is 0 Å². The Morgan fingerprint density at radius 2 is 1.31 bits per heavy atom. The van der Waals surface area contributed by atoms with Gasteiger partial charge in [-0.15, -0.1) is 0 Å². The molecule has 0 aliphatic carbocycles. The smallest absolute Gasteiger partial charge is 0.736 e. The fraction of sp³-hybridized carbons (Fsp3) is 0.107. The molecule has 0 aliphatic heterocycles. The number of benzene rings is 4. The zero-order valence-electron chi connectivity index (χ0n) is 19.8. The van der Waals surface area contributed by atoms with Gasteiger partial charge in [0.25, 0.3) is 0 Å². The predicted molar refractivity (Wildman–Crippen MR) is 135 cm³/mol. The van der Waals surface area contributed by atoms with Gasteiger partial charge in [0.1, 0.15) is 11.5 Å². The topological polar surface area (TPSA) is 75.7 Å². The molecule has 0 heterocycles. The fourth-order valence-corrected chi connectivity index (χ4v) is 4.69. The van der Waals surface area contributed by atoms with E-state index in [1.807, 2.05) is 36.4 Å². The summed E-state index contributed by atoms with van der Waals surface area (Å²) < 4.78 is 22.6. The second kappa shape index (κ2) is 13.3. The maximum atomic E-state index is 13.4. The number of para-hydroxylation sites is 1. The van der Waals surface area contributed by atoms with Crippen LogP contribution in [-0.2, 0) is 17.4 Å². The molecule has 4 rings (SSSR count). The Labute approximate surface area is 238 Å². The van der Waals surface area contributed by atoms with Gasteiger partial charge in [-0.2, -0.15) is 0 Å². The van der Waals surface area contributed by atoms with E-state index >= 15 is 0 Å². The second-order valence-corrected chi connectivity index (χ2v) is 9.75. The number of phosphoric ester groups is 1. The summed E-state index contributed by atoms with van der Waals surface area (Å²) >= 11 is 6.02. The quantitative estimate of drug-likeness (QED) is 0.179. The minimum absolute atomic E-state index is 0. The van der Waals surface area contributed by atoms with Crippen LogP contribution in [0.5, 0.6) is 11.5 Å². The first-order chi connectivity index (χ1) is 16.9. The molecule has 4 aromatic rings. The molecule has 5 nitrogen and oxygen atoms in total. The Bertz CT molecular complexity index is 1320. The van der Waals surface area contributed by atoms with E-state index in [-0.39, 0.29) is 52.8 Å². The van der Waals surface area contributed by atoms with Crippen molar-refractivity contribution in [2.24, 2.45) is 5.92 Å². The molecular formula is C28H23ClNaO5P. The largest absolute Gasteiger partial charge is 1.00 e. The molecule has 36 heavy (non-hydrogen) atoms. The number of rotatable bonds is 10. The van der Waals surface area contributed by atoms with Crippen molar-refractivity contribution >= 4 is 25.2 Å². The summed E-state index contributed by atoms with van der Waals surface area (Å²) in [6.07, 6.45) is 0.906. The number of Topliss-reactive ketones (excluding diaryl/α,β-unsaturated/α-hetero) is 1. The number of carbonyl (C=O) groups is 1. The number of ketones is 1. The first-order valence-corrected chi connectivity index (χ1v) is 12.9. The Morgan fingerprint density at radius 1 is 0.750 bits per heavy atom. The van der Waals surface area contributed by atoms with Crippen molar-refractivity contribution < 1.29 is 52.9 Å². The van der Waals surface area contributed by atoms with Crippen molar-refractivity contribution in [1.29, 1.82) is 0 Å². The Kier molecular flexibility index (Phi) is 10.4. The van der Waals surface area contributed by atoms with Gasteiger partial charge >= 0.3 is 37.4 Å². The number of carbonyl (C=O) groups excluding carboxylic acids is 1. The van der Waals surface area contributed by atoms with E-state index in [0.29, 0.717) is 23.4 Å².